The molecule has 0 atom stereocenters. The summed E-state index contributed by atoms with van der Waals surface area (Å²) in [6.45, 7) is 0.784. The molecule has 0 aliphatic rings. The lowest BCUT2D eigenvalue weighted by atomic mass is 10.3. The van der Waals surface area contributed by atoms with Crippen LogP contribution in [0, 0.1) is 0 Å². The van der Waals surface area contributed by atoms with E-state index in [0.717, 1.165) is 11.5 Å². The molecule has 0 saturated carbocycles. The first-order valence-electron chi connectivity index (χ1n) is 4.57. The number of rotatable bonds is 3. The Hall–Kier alpha value is -1.09. The molecule has 0 bridgehead atoms. The zero-order valence-electron chi connectivity index (χ0n) is 8.90. The molecule has 1 aromatic rings. The predicted octanol–water partition coefficient (Wildman–Crippen LogP) is 2.01. The van der Waals surface area contributed by atoms with Gasteiger partial charge in [-0.3, -0.25) is 0 Å². The fourth-order valence-electron chi connectivity index (χ4n) is 1.12. The summed E-state index contributed by atoms with van der Waals surface area (Å²) in [5, 5.41) is 0. The zero-order valence-corrected chi connectivity index (χ0v) is 9.71. The van der Waals surface area contributed by atoms with Crippen molar-refractivity contribution in [2.24, 2.45) is 0 Å². The summed E-state index contributed by atoms with van der Waals surface area (Å²) < 4.78 is 0. The second-order valence-electron chi connectivity index (χ2n) is 3.48. The van der Waals surface area contributed by atoms with Crippen LogP contribution in [-0.2, 0) is 0 Å². The van der Waals surface area contributed by atoms with Crippen LogP contribution in [0.2, 0.25) is 0 Å². The van der Waals surface area contributed by atoms with Gasteiger partial charge in [0, 0.05) is 26.8 Å². The molecular formula is C11H16N2S. The van der Waals surface area contributed by atoms with Gasteiger partial charge in [-0.25, -0.2) is 0 Å². The molecule has 0 fully saturated rings. The average Bonchev–Trinajstić information content (AvgIpc) is 2.19. The SMILES string of the molecule is CN(C)C(=S)CN(C)c1ccccc1. The van der Waals surface area contributed by atoms with E-state index in [-0.39, 0.29) is 0 Å². The molecule has 0 spiro atoms. The van der Waals surface area contributed by atoms with Crippen molar-refractivity contribution in [3.8, 4) is 0 Å². The van der Waals surface area contributed by atoms with Gasteiger partial charge in [0.2, 0.25) is 0 Å². The van der Waals surface area contributed by atoms with Crippen molar-refractivity contribution < 1.29 is 0 Å². The van der Waals surface area contributed by atoms with E-state index < -0.39 is 0 Å². The zero-order chi connectivity index (χ0) is 10.6. The van der Waals surface area contributed by atoms with Gasteiger partial charge in [-0.05, 0) is 12.1 Å². The standard InChI is InChI=1S/C11H16N2S/c1-12(2)11(14)9-13(3)10-7-5-4-6-8-10/h4-8H,9H2,1-3H3. The third kappa shape index (κ3) is 3.00. The number of hydrogen-bond acceptors (Lipinski definition) is 2. The topological polar surface area (TPSA) is 6.48 Å². The summed E-state index contributed by atoms with van der Waals surface area (Å²) >= 11 is 5.24. The molecule has 0 aliphatic heterocycles. The molecule has 14 heavy (non-hydrogen) atoms. The van der Waals surface area contributed by atoms with Crippen LogP contribution in [0.1, 0.15) is 0 Å². The molecule has 0 aliphatic carbocycles. The molecule has 0 N–H and O–H groups in total. The minimum Gasteiger partial charge on any atom is -0.371 e. The molecule has 2 nitrogen and oxygen atoms in total. The summed E-state index contributed by atoms with van der Waals surface area (Å²) in [5.74, 6) is 0. The summed E-state index contributed by atoms with van der Waals surface area (Å²) in [4.78, 5) is 5.05. The highest BCUT2D eigenvalue weighted by Crippen LogP contribution is 2.10. The van der Waals surface area contributed by atoms with E-state index in [9.17, 15) is 0 Å². The Morgan fingerprint density at radius 3 is 2.21 bits per heavy atom. The molecule has 0 amide bonds. The maximum Gasteiger partial charge on any atom is 0.0970 e. The van der Waals surface area contributed by atoms with Gasteiger partial charge in [-0.15, -0.1) is 0 Å². The lowest BCUT2D eigenvalue weighted by Gasteiger charge is -2.22. The second kappa shape index (κ2) is 4.96. The second-order valence-corrected chi connectivity index (χ2v) is 3.95. The maximum atomic E-state index is 5.24. The molecule has 0 unspecified atom stereocenters. The number of para-hydroxylation sites is 1. The van der Waals surface area contributed by atoms with Crippen LogP contribution in [0.3, 0.4) is 0 Å². The highest BCUT2D eigenvalue weighted by atomic mass is 32.1. The largest absolute Gasteiger partial charge is 0.371 e. The Morgan fingerprint density at radius 1 is 1.14 bits per heavy atom. The third-order valence-corrected chi connectivity index (χ3v) is 2.56. The van der Waals surface area contributed by atoms with Crippen molar-refractivity contribution in [1.29, 1.82) is 0 Å². The fourth-order valence-corrected chi connectivity index (χ4v) is 1.31. The van der Waals surface area contributed by atoms with E-state index >= 15 is 0 Å². The smallest absolute Gasteiger partial charge is 0.0970 e. The third-order valence-electron chi connectivity index (χ3n) is 2.07. The van der Waals surface area contributed by atoms with E-state index in [1.54, 1.807) is 0 Å². The normalized spacial score (nSPS) is 9.64. The van der Waals surface area contributed by atoms with Gasteiger partial charge >= 0.3 is 0 Å². The summed E-state index contributed by atoms with van der Waals surface area (Å²) in [6, 6.07) is 10.2. The Bertz CT molecular complexity index is 295. The van der Waals surface area contributed by atoms with E-state index in [2.05, 4.69) is 17.0 Å². The van der Waals surface area contributed by atoms with Crippen LogP contribution in [0.25, 0.3) is 0 Å². The van der Waals surface area contributed by atoms with Gasteiger partial charge in [0.05, 0.1) is 11.5 Å². The molecule has 0 heterocycles. The van der Waals surface area contributed by atoms with Crippen LogP contribution >= 0.6 is 12.2 Å². The van der Waals surface area contributed by atoms with Gasteiger partial charge in [-0.2, -0.15) is 0 Å². The summed E-state index contributed by atoms with van der Waals surface area (Å²) in [7, 11) is 5.99. The molecule has 0 saturated heterocycles. The maximum absolute atomic E-state index is 5.24. The molecule has 1 aromatic carbocycles. The summed E-state index contributed by atoms with van der Waals surface area (Å²) in [5.41, 5.74) is 1.19. The van der Waals surface area contributed by atoms with Crippen molar-refractivity contribution in [2.45, 2.75) is 0 Å². The van der Waals surface area contributed by atoms with Crippen molar-refractivity contribution >= 4 is 22.9 Å². The fraction of sp³-hybridized carbons (Fsp3) is 0.364. The van der Waals surface area contributed by atoms with Crippen LogP contribution in [0.15, 0.2) is 30.3 Å². The van der Waals surface area contributed by atoms with Gasteiger partial charge in [0.1, 0.15) is 0 Å². The van der Waals surface area contributed by atoms with Crippen molar-refractivity contribution in [2.75, 3.05) is 32.6 Å². The molecule has 3 heteroatoms. The first-order valence-corrected chi connectivity index (χ1v) is 4.98. The van der Waals surface area contributed by atoms with Crippen LogP contribution in [0.4, 0.5) is 5.69 Å². The van der Waals surface area contributed by atoms with E-state index in [0.29, 0.717) is 0 Å². The van der Waals surface area contributed by atoms with Crippen LogP contribution < -0.4 is 4.90 Å². The van der Waals surface area contributed by atoms with Crippen LogP contribution in [0.5, 0.6) is 0 Å². The Labute approximate surface area is 91.1 Å². The molecule has 0 aromatic heterocycles. The highest BCUT2D eigenvalue weighted by molar-refractivity contribution is 7.80. The van der Waals surface area contributed by atoms with E-state index in [4.69, 9.17) is 12.2 Å². The van der Waals surface area contributed by atoms with Gasteiger partial charge in [0.25, 0.3) is 0 Å². The Morgan fingerprint density at radius 2 is 1.71 bits per heavy atom. The van der Waals surface area contributed by atoms with Gasteiger partial charge in [-0.1, -0.05) is 30.4 Å². The molecular weight excluding hydrogens is 192 g/mol. The van der Waals surface area contributed by atoms with Crippen molar-refractivity contribution in [1.82, 2.24) is 4.90 Å². The highest BCUT2D eigenvalue weighted by Gasteiger charge is 2.04. The minimum absolute atomic E-state index is 0.784. The Kier molecular flexibility index (Phi) is 3.89. The average molecular weight is 208 g/mol. The van der Waals surface area contributed by atoms with Crippen molar-refractivity contribution in [3.63, 3.8) is 0 Å². The number of hydrogen-bond donors (Lipinski definition) is 0. The van der Waals surface area contributed by atoms with E-state index in [1.165, 1.54) is 5.69 Å². The number of thiocarbonyl (C=S) groups is 1. The van der Waals surface area contributed by atoms with E-state index in [1.807, 2.05) is 44.2 Å². The molecule has 1 rings (SSSR count). The minimum atomic E-state index is 0.784. The number of benzene rings is 1. The van der Waals surface area contributed by atoms with Crippen molar-refractivity contribution in [3.05, 3.63) is 30.3 Å². The number of nitrogens with zero attached hydrogens (tertiary/aromatic N) is 2. The van der Waals surface area contributed by atoms with Crippen LogP contribution in [-0.4, -0.2) is 37.6 Å². The monoisotopic (exact) mass is 208 g/mol. The van der Waals surface area contributed by atoms with Gasteiger partial charge in [0.15, 0.2) is 0 Å². The number of likely N-dealkylation sites (N-methyl/N-ethyl adjacent to an activating group) is 2. The number of anilines is 1. The molecule has 0 radical (unpaired) electrons. The molecule has 76 valence electrons. The quantitative estimate of drug-likeness (QED) is 0.702. The Balaban J connectivity index is 2.59. The lowest BCUT2D eigenvalue weighted by molar-refractivity contribution is 0.623. The first-order chi connectivity index (χ1) is 6.61. The van der Waals surface area contributed by atoms with Gasteiger partial charge < -0.3 is 9.80 Å². The summed E-state index contributed by atoms with van der Waals surface area (Å²) in [6.07, 6.45) is 0. The lowest BCUT2D eigenvalue weighted by Crippen LogP contribution is -2.32. The predicted molar refractivity (Wildman–Crippen MR) is 66.0 cm³/mol. The first kappa shape index (κ1) is 11.0.